The number of aromatic nitrogens is 4. The highest BCUT2D eigenvalue weighted by atomic mass is 16.5. The van der Waals surface area contributed by atoms with Crippen molar-refractivity contribution in [3.8, 4) is 22.7 Å². The Morgan fingerprint density at radius 2 is 2.18 bits per heavy atom. The molecule has 1 saturated heterocycles. The number of carbonyl (C=O) groups excluding carboxylic acids is 1. The van der Waals surface area contributed by atoms with Gasteiger partial charge in [-0.3, -0.25) is 9.78 Å². The maximum absolute atomic E-state index is 12.8. The van der Waals surface area contributed by atoms with Crippen LogP contribution in [-0.2, 0) is 4.74 Å². The summed E-state index contributed by atoms with van der Waals surface area (Å²) in [7, 11) is 1.61. The van der Waals surface area contributed by atoms with Crippen molar-refractivity contribution in [1.82, 2.24) is 25.3 Å². The minimum atomic E-state index is -0.281. The smallest absolute Gasteiger partial charge is 0.274 e. The fourth-order valence-electron chi connectivity index (χ4n) is 3.22. The van der Waals surface area contributed by atoms with E-state index in [1.165, 1.54) is 0 Å². The van der Waals surface area contributed by atoms with E-state index in [2.05, 4.69) is 20.6 Å². The summed E-state index contributed by atoms with van der Waals surface area (Å²) in [5.41, 5.74) is 2.40. The van der Waals surface area contributed by atoms with Gasteiger partial charge in [-0.05, 0) is 37.1 Å². The topological polar surface area (TPSA) is 91.2 Å². The van der Waals surface area contributed by atoms with Crippen molar-refractivity contribution in [2.24, 2.45) is 0 Å². The number of carbonyl (C=O) groups is 1. The molecule has 1 atom stereocenters. The van der Waals surface area contributed by atoms with Crippen molar-refractivity contribution >= 4 is 5.91 Å². The van der Waals surface area contributed by atoms with E-state index in [9.17, 15) is 4.79 Å². The first kappa shape index (κ1) is 18.1. The number of amides is 1. The summed E-state index contributed by atoms with van der Waals surface area (Å²) in [5, 5.41) is 11.3. The lowest BCUT2D eigenvalue weighted by molar-refractivity contribution is 0.0854. The molecule has 2 aromatic heterocycles. The Labute approximate surface area is 162 Å². The van der Waals surface area contributed by atoms with E-state index in [-0.39, 0.29) is 17.7 Å². The molecule has 8 nitrogen and oxygen atoms in total. The van der Waals surface area contributed by atoms with E-state index in [0.717, 1.165) is 30.7 Å². The fourth-order valence-corrected chi connectivity index (χ4v) is 3.22. The Hall–Kier alpha value is -3.26. The van der Waals surface area contributed by atoms with Crippen LogP contribution in [0.15, 0.2) is 48.8 Å². The van der Waals surface area contributed by atoms with Crippen LogP contribution in [0.1, 0.15) is 23.3 Å². The van der Waals surface area contributed by atoms with Gasteiger partial charge in [-0.15, -0.1) is 5.10 Å². The molecule has 4 rings (SSSR count). The summed E-state index contributed by atoms with van der Waals surface area (Å²) in [6.07, 6.45) is 5.38. The fraction of sp³-hybridized carbons (Fsp3) is 0.300. The van der Waals surface area contributed by atoms with Gasteiger partial charge in [0.25, 0.3) is 5.91 Å². The second kappa shape index (κ2) is 8.18. The number of rotatable bonds is 6. The third-order valence-corrected chi connectivity index (χ3v) is 4.65. The number of methoxy groups -OCH3 is 1. The Morgan fingerprint density at radius 3 is 2.93 bits per heavy atom. The number of pyridine rings is 1. The van der Waals surface area contributed by atoms with Crippen LogP contribution >= 0.6 is 0 Å². The Balaban J connectivity index is 1.70. The zero-order chi connectivity index (χ0) is 19.3. The Kier molecular flexibility index (Phi) is 5.29. The quantitative estimate of drug-likeness (QED) is 0.706. The molecular formula is C20H21N5O3. The highest BCUT2D eigenvalue weighted by molar-refractivity contribution is 5.98. The molecule has 3 aromatic rings. The van der Waals surface area contributed by atoms with Gasteiger partial charge < -0.3 is 14.8 Å². The average Bonchev–Trinajstić information content (AvgIpc) is 3.42. The van der Waals surface area contributed by atoms with Crippen LogP contribution in [0.4, 0.5) is 0 Å². The minimum absolute atomic E-state index is 0.0572. The van der Waals surface area contributed by atoms with Crippen LogP contribution < -0.4 is 10.1 Å². The second-order valence-electron chi connectivity index (χ2n) is 6.48. The lowest BCUT2D eigenvalue weighted by atomic mass is 10.1. The summed E-state index contributed by atoms with van der Waals surface area (Å²) in [5.74, 6) is 0.412. The van der Waals surface area contributed by atoms with Crippen LogP contribution in [-0.4, -0.2) is 52.3 Å². The molecule has 1 aliphatic heterocycles. The molecule has 28 heavy (non-hydrogen) atoms. The molecular weight excluding hydrogens is 358 g/mol. The van der Waals surface area contributed by atoms with Crippen molar-refractivity contribution in [3.63, 3.8) is 0 Å². The normalized spacial score (nSPS) is 16.1. The molecule has 1 amide bonds. The second-order valence-corrected chi connectivity index (χ2v) is 6.48. The van der Waals surface area contributed by atoms with Gasteiger partial charge in [0, 0.05) is 37.2 Å². The Morgan fingerprint density at radius 1 is 1.32 bits per heavy atom. The predicted molar refractivity (Wildman–Crippen MR) is 102 cm³/mol. The molecule has 0 spiro atoms. The minimum Gasteiger partial charge on any atom is -0.497 e. The highest BCUT2D eigenvalue weighted by Gasteiger charge is 2.24. The van der Waals surface area contributed by atoms with E-state index >= 15 is 0 Å². The molecule has 0 saturated carbocycles. The molecule has 1 aliphatic rings. The third-order valence-electron chi connectivity index (χ3n) is 4.65. The lowest BCUT2D eigenvalue weighted by Gasteiger charge is -2.11. The first-order chi connectivity index (χ1) is 13.8. The number of ether oxygens (including phenoxy) is 2. The molecule has 1 N–H and O–H groups in total. The number of nitrogens with one attached hydrogen (secondary N) is 1. The summed E-state index contributed by atoms with van der Waals surface area (Å²) < 4.78 is 12.5. The van der Waals surface area contributed by atoms with Crippen LogP contribution in [0.3, 0.4) is 0 Å². The van der Waals surface area contributed by atoms with Crippen molar-refractivity contribution in [1.29, 1.82) is 0 Å². The van der Waals surface area contributed by atoms with E-state index in [1.807, 2.05) is 36.4 Å². The van der Waals surface area contributed by atoms with Crippen LogP contribution in [0.5, 0.6) is 5.75 Å². The molecule has 1 fully saturated rings. The number of hydrogen-bond donors (Lipinski definition) is 1. The Bertz CT molecular complexity index is 951. The molecule has 0 bridgehead atoms. The van der Waals surface area contributed by atoms with Crippen molar-refractivity contribution in [2.45, 2.75) is 18.9 Å². The molecule has 8 heteroatoms. The summed E-state index contributed by atoms with van der Waals surface area (Å²) in [4.78, 5) is 16.9. The standard InChI is InChI=1S/C20H21N5O3/c1-27-16-5-2-4-15(12-16)25-19(14-7-9-21-10-8-14)18(23-24-25)20(26)22-13-17-6-3-11-28-17/h2,4-5,7-10,12,17H,3,6,11,13H2,1H3,(H,22,26). The summed E-state index contributed by atoms with van der Waals surface area (Å²) in [6, 6.07) is 11.1. The molecule has 0 aliphatic carbocycles. The first-order valence-corrected chi connectivity index (χ1v) is 9.16. The molecule has 1 unspecified atom stereocenters. The summed E-state index contributed by atoms with van der Waals surface area (Å²) in [6.45, 7) is 1.20. The van der Waals surface area contributed by atoms with Crippen molar-refractivity contribution in [2.75, 3.05) is 20.3 Å². The van der Waals surface area contributed by atoms with E-state index in [1.54, 1.807) is 24.2 Å². The van der Waals surface area contributed by atoms with Gasteiger partial charge in [-0.2, -0.15) is 0 Å². The van der Waals surface area contributed by atoms with Gasteiger partial charge >= 0.3 is 0 Å². The maximum atomic E-state index is 12.8. The van der Waals surface area contributed by atoms with Crippen LogP contribution in [0.25, 0.3) is 16.9 Å². The van der Waals surface area contributed by atoms with Gasteiger partial charge in [0.05, 0.1) is 18.9 Å². The maximum Gasteiger partial charge on any atom is 0.274 e. The third kappa shape index (κ3) is 3.72. The number of nitrogens with zero attached hydrogens (tertiary/aromatic N) is 4. The van der Waals surface area contributed by atoms with Gasteiger partial charge in [-0.25, -0.2) is 4.68 Å². The zero-order valence-electron chi connectivity index (χ0n) is 15.5. The van der Waals surface area contributed by atoms with Crippen molar-refractivity contribution < 1.29 is 14.3 Å². The van der Waals surface area contributed by atoms with Crippen molar-refractivity contribution in [3.05, 3.63) is 54.5 Å². The van der Waals surface area contributed by atoms with Gasteiger partial charge in [0.2, 0.25) is 0 Å². The van der Waals surface area contributed by atoms with E-state index in [0.29, 0.717) is 18.0 Å². The van der Waals surface area contributed by atoms with E-state index < -0.39 is 0 Å². The summed E-state index contributed by atoms with van der Waals surface area (Å²) >= 11 is 0. The van der Waals surface area contributed by atoms with Gasteiger partial charge in [-0.1, -0.05) is 11.3 Å². The molecule has 0 radical (unpaired) electrons. The zero-order valence-corrected chi connectivity index (χ0v) is 15.5. The predicted octanol–water partition coefficient (Wildman–Crippen LogP) is 2.25. The largest absolute Gasteiger partial charge is 0.497 e. The van der Waals surface area contributed by atoms with Gasteiger partial charge in [0.15, 0.2) is 5.69 Å². The highest BCUT2D eigenvalue weighted by Crippen LogP contribution is 2.26. The molecule has 1 aromatic carbocycles. The molecule has 144 valence electrons. The van der Waals surface area contributed by atoms with Crippen LogP contribution in [0.2, 0.25) is 0 Å². The average molecular weight is 379 g/mol. The number of benzene rings is 1. The SMILES string of the molecule is COc1cccc(-n2nnc(C(=O)NCC3CCCO3)c2-c2ccncc2)c1. The van der Waals surface area contributed by atoms with E-state index in [4.69, 9.17) is 9.47 Å². The number of hydrogen-bond acceptors (Lipinski definition) is 6. The molecule has 3 heterocycles. The van der Waals surface area contributed by atoms with Crippen LogP contribution in [0, 0.1) is 0 Å². The first-order valence-electron chi connectivity index (χ1n) is 9.16. The van der Waals surface area contributed by atoms with Gasteiger partial charge in [0.1, 0.15) is 11.4 Å². The monoisotopic (exact) mass is 379 g/mol. The lowest BCUT2D eigenvalue weighted by Crippen LogP contribution is -2.32.